The highest BCUT2D eigenvalue weighted by molar-refractivity contribution is 5.80. The fourth-order valence-corrected chi connectivity index (χ4v) is 2.92. The van der Waals surface area contributed by atoms with Crippen molar-refractivity contribution in [2.75, 3.05) is 26.7 Å². The molecule has 18 heavy (non-hydrogen) atoms. The monoisotopic (exact) mass is 254 g/mol. The molecule has 1 heterocycles. The van der Waals surface area contributed by atoms with Crippen molar-refractivity contribution in [3.63, 3.8) is 0 Å². The maximum atomic E-state index is 8.63. The van der Waals surface area contributed by atoms with Crippen molar-refractivity contribution >= 4 is 5.84 Å². The van der Waals surface area contributed by atoms with Crippen molar-refractivity contribution in [3.05, 3.63) is 0 Å². The van der Waals surface area contributed by atoms with Gasteiger partial charge in [-0.3, -0.25) is 0 Å². The Hall–Kier alpha value is -0.810. The average Bonchev–Trinajstić information content (AvgIpc) is 3.11. The third-order valence-corrected chi connectivity index (χ3v) is 4.44. The maximum Gasteiger partial charge on any atom is 0.139 e. The number of hydrogen-bond donors (Lipinski definition) is 3. The molecule has 0 aromatic heterocycles. The van der Waals surface area contributed by atoms with Gasteiger partial charge in [0.15, 0.2) is 0 Å². The van der Waals surface area contributed by atoms with Gasteiger partial charge in [-0.1, -0.05) is 11.6 Å². The highest BCUT2D eigenvalue weighted by atomic mass is 16.4. The number of hydrogen-bond acceptors (Lipinski definition) is 4. The SMILES string of the molecule is CN1CCCCC1CNCC1(CC(N)=NO)CC1. The van der Waals surface area contributed by atoms with Crippen LogP contribution in [-0.2, 0) is 0 Å². The molecule has 1 aliphatic heterocycles. The van der Waals surface area contributed by atoms with Crippen molar-refractivity contribution in [2.45, 2.75) is 44.6 Å². The van der Waals surface area contributed by atoms with Crippen LogP contribution in [0.4, 0.5) is 0 Å². The summed E-state index contributed by atoms with van der Waals surface area (Å²) < 4.78 is 0. The Kier molecular flexibility index (Phi) is 4.45. The molecule has 1 unspecified atom stereocenters. The highest BCUT2D eigenvalue weighted by Crippen LogP contribution is 2.48. The van der Waals surface area contributed by atoms with Crippen LogP contribution in [0.3, 0.4) is 0 Å². The minimum Gasteiger partial charge on any atom is -0.409 e. The Morgan fingerprint density at radius 1 is 1.50 bits per heavy atom. The van der Waals surface area contributed by atoms with E-state index in [2.05, 4.69) is 22.4 Å². The molecule has 2 fully saturated rings. The minimum absolute atomic E-state index is 0.267. The van der Waals surface area contributed by atoms with E-state index >= 15 is 0 Å². The molecule has 0 radical (unpaired) electrons. The minimum atomic E-state index is 0.267. The second-order valence-electron chi connectivity index (χ2n) is 6.03. The molecule has 1 saturated heterocycles. The van der Waals surface area contributed by atoms with E-state index in [1.54, 1.807) is 0 Å². The average molecular weight is 254 g/mol. The normalized spacial score (nSPS) is 28.3. The van der Waals surface area contributed by atoms with Crippen LogP contribution in [0.2, 0.25) is 0 Å². The van der Waals surface area contributed by atoms with E-state index < -0.39 is 0 Å². The first-order valence-electron chi connectivity index (χ1n) is 7.03. The Morgan fingerprint density at radius 3 is 2.89 bits per heavy atom. The Balaban J connectivity index is 1.68. The van der Waals surface area contributed by atoms with Gasteiger partial charge in [-0.15, -0.1) is 0 Å². The zero-order valence-electron chi connectivity index (χ0n) is 11.4. The van der Waals surface area contributed by atoms with Gasteiger partial charge in [-0.25, -0.2) is 0 Å². The quantitative estimate of drug-likeness (QED) is 0.286. The molecule has 1 aliphatic carbocycles. The van der Waals surface area contributed by atoms with Crippen LogP contribution in [-0.4, -0.2) is 48.7 Å². The Labute approximate surface area is 109 Å². The van der Waals surface area contributed by atoms with Crippen LogP contribution < -0.4 is 11.1 Å². The molecule has 5 nitrogen and oxygen atoms in total. The second kappa shape index (κ2) is 5.89. The van der Waals surface area contributed by atoms with E-state index in [4.69, 9.17) is 10.9 Å². The van der Waals surface area contributed by atoms with E-state index in [1.165, 1.54) is 38.6 Å². The molecule has 0 aromatic rings. The van der Waals surface area contributed by atoms with Crippen LogP contribution in [0.15, 0.2) is 5.16 Å². The van der Waals surface area contributed by atoms with Crippen LogP contribution in [0.25, 0.3) is 0 Å². The lowest BCUT2D eigenvalue weighted by Crippen LogP contribution is -2.44. The largest absolute Gasteiger partial charge is 0.409 e. The molecule has 2 rings (SSSR count). The predicted molar refractivity (Wildman–Crippen MR) is 72.8 cm³/mol. The Bertz CT molecular complexity index is 301. The summed E-state index contributed by atoms with van der Waals surface area (Å²) >= 11 is 0. The molecular formula is C13H26N4O. The van der Waals surface area contributed by atoms with Crippen LogP contribution in [0, 0.1) is 5.41 Å². The summed E-state index contributed by atoms with van der Waals surface area (Å²) in [4.78, 5) is 2.46. The van der Waals surface area contributed by atoms with E-state index in [1.807, 2.05) is 0 Å². The molecule has 0 spiro atoms. The molecule has 5 heteroatoms. The number of nitrogens with zero attached hydrogens (tertiary/aromatic N) is 2. The number of amidine groups is 1. The van der Waals surface area contributed by atoms with Crippen molar-refractivity contribution in [1.82, 2.24) is 10.2 Å². The summed E-state index contributed by atoms with van der Waals surface area (Å²) in [6.07, 6.45) is 7.09. The van der Waals surface area contributed by atoms with Crippen molar-refractivity contribution in [3.8, 4) is 0 Å². The second-order valence-corrected chi connectivity index (χ2v) is 6.03. The molecule has 4 N–H and O–H groups in total. The zero-order valence-corrected chi connectivity index (χ0v) is 11.4. The third kappa shape index (κ3) is 3.59. The predicted octanol–water partition coefficient (Wildman–Crippen LogP) is 0.977. The van der Waals surface area contributed by atoms with Gasteiger partial charge in [0.1, 0.15) is 5.84 Å². The first kappa shape index (κ1) is 13.6. The highest BCUT2D eigenvalue weighted by Gasteiger charge is 2.43. The van der Waals surface area contributed by atoms with Gasteiger partial charge < -0.3 is 21.2 Å². The fraction of sp³-hybridized carbons (Fsp3) is 0.923. The topological polar surface area (TPSA) is 73.9 Å². The summed E-state index contributed by atoms with van der Waals surface area (Å²) in [5.41, 5.74) is 5.87. The lowest BCUT2D eigenvalue weighted by atomic mass is 10.0. The number of likely N-dealkylation sites (N-methyl/N-ethyl adjacent to an activating group) is 1. The number of oxime groups is 1. The zero-order chi connectivity index (χ0) is 13.0. The molecule has 2 aliphatic rings. The maximum absolute atomic E-state index is 8.63. The number of likely N-dealkylation sites (tertiary alicyclic amines) is 1. The van der Waals surface area contributed by atoms with Gasteiger partial charge in [-0.05, 0) is 44.7 Å². The number of nitrogens with one attached hydrogen (secondary N) is 1. The van der Waals surface area contributed by atoms with Crippen molar-refractivity contribution in [2.24, 2.45) is 16.3 Å². The first-order valence-corrected chi connectivity index (χ1v) is 7.03. The number of rotatable bonds is 6. The summed E-state index contributed by atoms with van der Waals surface area (Å²) in [6, 6.07) is 0.679. The number of piperidine rings is 1. The summed E-state index contributed by atoms with van der Waals surface area (Å²) in [5.74, 6) is 0.365. The van der Waals surface area contributed by atoms with E-state index in [-0.39, 0.29) is 5.41 Å². The lowest BCUT2D eigenvalue weighted by Gasteiger charge is -2.33. The van der Waals surface area contributed by atoms with Gasteiger partial charge in [0.05, 0.1) is 0 Å². The third-order valence-electron chi connectivity index (χ3n) is 4.44. The van der Waals surface area contributed by atoms with E-state index in [9.17, 15) is 0 Å². The first-order chi connectivity index (χ1) is 8.65. The molecule has 0 amide bonds. The number of nitrogens with two attached hydrogens (primary N) is 1. The molecule has 0 bridgehead atoms. The fourth-order valence-electron chi connectivity index (χ4n) is 2.92. The smallest absolute Gasteiger partial charge is 0.139 e. The van der Waals surface area contributed by atoms with Gasteiger partial charge in [0, 0.05) is 25.6 Å². The lowest BCUT2D eigenvalue weighted by molar-refractivity contribution is 0.179. The standard InChI is InChI=1S/C13H26N4O/c1-17-7-3-2-4-11(17)9-15-10-13(5-6-13)8-12(14)16-18/h11,15,18H,2-10H2,1H3,(H2,14,16). The van der Waals surface area contributed by atoms with Crippen LogP contribution in [0.5, 0.6) is 0 Å². The summed E-state index contributed by atoms with van der Waals surface area (Å²) in [6.45, 7) is 3.28. The summed E-state index contributed by atoms with van der Waals surface area (Å²) in [5, 5.41) is 15.3. The van der Waals surface area contributed by atoms with Crippen LogP contribution in [0.1, 0.15) is 38.5 Å². The van der Waals surface area contributed by atoms with Gasteiger partial charge in [0.2, 0.25) is 0 Å². The Morgan fingerprint density at radius 2 is 2.28 bits per heavy atom. The van der Waals surface area contributed by atoms with Crippen molar-refractivity contribution in [1.29, 1.82) is 0 Å². The molecule has 104 valence electrons. The van der Waals surface area contributed by atoms with E-state index in [0.717, 1.165) is 19.5 Å². The summed E-state index contributed by atoms with van der Waals surface area (Å²) in [7, 11) is 2.22. The van der Waals surface area contributed by atoms with Crippen LogP contribution >= 0.6 is 0 Å². The molecular weight excluding hydrogens is 228 g/mol. The van der Waals surface area contributed by atoms with Gasteiger partial charge >= 0.3 is 0 Å². The van der Waals surface area contributed by atoms with Gasteiger partial charge in [-0.2, -0.15) is 0 Å². The molecule has 0 aromatic carbocycles. The molecule has 1 saturated carbocycles. The van der Waals surface area contributed by atoms with E-state index in [0.29, 0.717) is 11.9 Å². The van der Waals surface area contributed by atoms with Crippen molar-refractivity contribution < 1.29 is 5.21 Å². The molecule has 1 atom stereocenters. The van der Waals surface area contributed by atoms with Gasteiger partial charge in [0.25, 0.3) is 0 Å².